The minimum atomic E-state index is -0.896. The number of aryl methyl sites for hydroxylation is 1. The zero-order chi connectivity index (χ0) is 15.4. The van der Waals surface area contributed by atoms with Gasteiger partial charge in [0.1, 0.15) is 6.04 Å². The first-order valence-electron chi connectivity index (χ1n) is 7.23. The molecule has 0 saturated heterocycles. The SMILES string of the molecule is Cc1ccc([N+](=O)[O-])cc1NC(C(=O)O)C1CCCCC1. The topological polar surface area (TPSA) is 92.5 Å². The number of nitrogens with zero attached hydrogens (tertiary/aromatic N) is 1. The number of hydrogen-bond donors (Lipinski definition) is 2. The fraction of sp³-hybridized carbons (Fsp3) is 0.533. The second-order valence-electron chi connectivity index (χ2n) is 5.61. The van der Waals surface area contributed by atoms with Crippen molar-refractivity contribution in [2.24, 2.45) is 5.92 Å². The van der Waals surface area contributed by atoms with E-state index in [0.29, 0.717) is 5.69 Å². The van der Waals surface area contributed by atoms with Crippen molar-refractivity contribution in [3.63, 3.8) is 0 Å². The number of anilines is 1. The lowest BCUT2D eigenvalue weighted by atomic mass is 9.83. The number of rotatable bonds is 5. The van der Waals surface area contributed by atoms with Crippen LogP contribution in [0.1, 0.15) is 37.7 Å². The maximum absolute atomic E-state index is 11.5. The standard InChI is InChI=1S/C15H20N2O4/c1-10-7-8-12(17(20)21)9-13(10)16-14(15(18)19)11-5-3-2-4-6-11/h7-9,11,14,16H,2-6H2,1H3,(H,18,19). The van der Waals surface area contributed by atoms with Gasteiger partial charge in [0.2, 0.25) is 0 Å². The van der Waals surface area contributed by atoms with E-state index in [1.807, 2.05) is 6.92 Å². The van der Waals surface area contributed by atoms with E-state index in [1.165, 1.54) is 12.1 Å². The molecule has 0 amide bonds. The fourth-order valence-electron chi connectivity index (χ4n) is 2.90. The van der Waals surface area contributed by atoms with E-state index < -0.39 is 16.9 Å². The van der Waals surface area contributed by atoms with Crippen LogP contribution < -0.4 is 5.32 Å². The lowest BCUT2D eigenvalue weighted by Crippen LogP contribution is -2.38. The summed E-state index contributed by atoms with van der Waals surface area (Å²) in [5.74, 6) is -0.817. The number of hydrogen-bond acceptors (Lipinski definition) is 4. The first-order valence-corrected chi connectivity index (χ1v) is 7.23. The Balaban J connectivity index is 2.21. The predicted molar refractivity (Wildman–Crippen MR) is 79.5 cm³/mol. The average molecular weight is 292 g/mol. The highest BCUT2D eigenvalue weighted by molar-refractivity contribution is 5.78. The van der Waals surface area contributed by atoms with Crippen LogP contribution in [-0.4, -0.2) is 22.0 Å². The first kappa shape index (κ1) is 15.3. The van der Waals surface area contributed by atoms with Crippen molar-refractivity contribution in [2.45, 2.75) is 45.1 Å². The zero-order valence-electron chi connectivity index (χ0n) is 12.0. The van der Waals surface area contributed by atoms with Crippen molar-refractivity contribution < 1.29 is 14.8 Å². The first-order chi connectivity index (χ1) is 9.99. The molecule has 2 rings (SSSR count). The van der Waals surface area contributed by atoms with Gasteiger partial charge in [-0.3, -0.25) is 10.1 Å². The highest BCUT2D eigenvalue weighted by atomic mass is 16.6. The monoisotopic (exact) mass is 292 g/mol. The number of nitro groups is 1. The molecule has 21 heavy (non-hydrogen) atoms. The van der Waals surface area contributed by atoms with Gasteiger partial charge in [0.05, 0.1) is 4.92 Å². The third-order valence-corrected chi connectivity index (χ3v) is 4.13. The van der Waals surface area contributed by atoms with E-state index in [9.17, 15) is 20.0 Å². The molecule has 6 heteroatoms. The Morgan fingerprint density at radius 2 is 2.05 bits per heavy atom. The van der Waals surface area contributed by atoms with Crippen LogP contribution in [0.2, 0.25) is 0 Å². The molecule has 1 aromatic rings. The largest absolute Gasteiger partial charge is 0.480 e. The van der Waals surface area contributed by atoms with Crippen LogP contribution in [0.25, 0.3) is 0 Å². The summed E-state index contributed by atoms with van der Waals surface area (Å²) in [5, 5.41) is 23.3. The molecule has 1 unspecified atom stereocenters. The van der Waals surface area contributed by atoms with Gasteiger partial charge in [-0.25, -0.2) is 4.79 Å². The van der Waals surface area contributed by atoms with Gasteiger partial charge in [0, 0.05) is 17.8 Å². The average Bonchev–Trinajstić information content (AvgIpc) is 2.46. The number of nitrogens with one attached hydrogen (secondary N) is 1. The van der Waals surface area contributed by atoms with E-state index in [-0.39, 0.29) is 11.6 Å². The van der Waals surface area contributed by atoms with Crippen molar-refractivity contribution in [3.05, 3.63) is 33.9 Å². The Hall–Kier alpha value is -2.11. The third kappa shape index (κ3) is 3.71. The van der Waals surface area contributed by atoms with E-state index in [2.05, 4.69) is 5.32 Å². The van der Waals surface area contributed by atoms with Gasteiger partial charge in [-0.15, -0.1) is 0 Å². The maximum atomic E-state index is 11.5. The molecule has 0 heterocycles. The second kappa shape index (κ2) is 6.56. The summed E-state index contributed by atoms with van der Waals surface area (Å²) in [7, 11) is 0. The Labute approximate surface area is 123 Å². The molecule has 0 aliphatic heterocycles. The van der Waals surface area contributed by atoms with Crippen LogP contribution in [-0.2, 0) is 4.79 Å². The van der Waals surface area contributed by atoms with Crippen LogP contribution >= 0.6 is 0 Å². The molecule has 0 radical (unpaired) electrons. The minimum Gasteiger partial charge on any atom is -0.480 e. The van der Waals surface area contributed by atoms with Crippen LogP contribution in [0.4, 0.5) is 11.4 Å². The number of carboxylic acid groups (broad SMARTS) is 1. The lowest BCUT2D eigenvalue weighted by molar-refractivity contribution is -0.384. The number of nitro benzene ring substituents is 1. The Morgan fingerprint density at radius 1 is 1.38 bits per heavy atom. The molecule has 1 aromatic carbocycles. The van der Waals surface area contributed by atoms with Gasteiger partial charge in [-0.2, -0.15) is 0 Å². The van der Waals surface area contributed by atoms with Crippen molar-refractivity contribution in [1.82, 2.24) is 0 Å². The summed E-state index contributed by atoms with van der Waals surface area (Å²) in [6.45, 7) is 1.81. The Morgan fingerprint density at radius 3 is 2.62 bits per heavy atom. The lowest BCUT2D eigenvalue weighted by Gasteiger charge is -2.29. The quantitative estimate of drug-likeness (QED) is 0.641. The van der Waals surface area contributed by atoms with E-state index >= 15 is 0 Å². The molecular formula is C15H20N2O4. The van der Waals surface area contributed by atoms with Gasteiger partial charge < -0.3 is 10.4 Å². The van der Waals surface area contributed by atoms with Gasteiger partial charge >= 0.3 is 5.97 Å². The maximum Gasteiger partial charge on any atom is 0.326 e. The van der Waals surface area contributed by atoms with Crippen LogP contribution in [0, 0.1) is 23.0 Å². The normalized spacial score (nSPS) is 17.2. The zero-order valence-corrected chi connectivity index (χ0v) is 12.0. The van der Waals surface area contributed by atoms with Crippen molar-refractivity contribution in [2.75, 3.05) is 5.32 Å². The molecule has 0 spiro atoms. The van der Waals surface area contributed by atoms with Crippen LogP contribution in [0.15, 0.2) is 18.2 Å². The molecule has 0 bridgehead atoms. The Bertz CT molecular complexity index is 538. The van der Waals surface area contributed by atoms with Crippen molar-refractivity contribution >= 4 is 17.3 Å². The summed E-state index contributed by atoms with van der Waals surface area (Å²) >= 11 is 0. The highest BCUT2D eigenvalue weighted by Gasteiger charge is 2.29. The summed E-state index contributed by atoms with van der Waals surface area (Å²) in [6.07, 6.45) is 5.02. The molecule has 114 valence electrons. The minimum absolute atomic E-state index is 0.0316. The number of non-ortho nitro benzene ring substituents is 1. The third-order valence-electron chi connectivity index (χ3n) is 4.13. The molecule has 0 aromatic heterocycles. The Kier molecular flexibility index (Phi) is 4.77. The molecule has 1 fully saturated rings. The van der Waals surface area contributed by atoms with Crippen LogP contribution in [0.3, 0.4) is 0 Å². The molecule has 1 aliphatic rings. The number of carbonyl (C=O) groups is 1. The van der Waals surface area contributed by atoms with E-state index in [0.717, 1.165) is 37.7 Å². The summed E-state index contributed by atoms with van der Waals surface area (Å²) in [6, 6.07) is 3.79. The molecule has 2 N–H and O–H groups in total. The molecule has 6 nitrogen and oxygen atoms in total. The van der Waals surface area contributed by atoms with Gasteiger partial charge in [0.25, 0.3) is 5.69 Å². The fourth-order valence-corrected chi connectivity index (χ4v) is 2.90. The molecule has 1 aliphatic carbocycles. The van der Waals surface area contributed by atoms with Gasteiger partial charge in [0.15, 0.2) is 0 Å². The number of benzene rings is 1. The van der Waals surface area contributed by atoms with Crippen molar-refractivity contribution in [1.29, 1.82) is 0 Å². The van der Waals surface area contributed by atoms with Gasteiger partial charge in [-0.05, 0) is 31.2 Å². The van der Waals surface area contributed by atoms with E-state index in [4.69, 9.17) is 0 Å². The second-order valence-corrected chi connectivity index (χ2v) is 5.61. The predicted octanol–water partition coefficient (Wildman–Crippen LogP) is 3.35. The van der Waals surface area contributed by atoms with Crippen molar-refractivity contribution in [3.8, 4) is 0 Å². The number of aliphatic carboxylic acids is 1. The molecular weight excluding hydrogens is 272 g/mol. The number of carboxylic acids is 1. The van der Waals surface area contributed by atoms with Gasteiger partial charge in [-0.1, -0.05) is 25.3 Å². The summed E-state index contributed by atoms with van der Waals surface area (Å²) in [4.78, 5) is 21.9. The van der Waals surface area contributed by atoms with E-state index in [1.54, 1.807) is 6.07 Å². The summed E-state index contributed by atoms with van der Waals surface area (Å²) in [5.41, 5.74) is 1.31. The van der Waals surface area contributed by atoms with Crippen LogP contribution in [0.5, 0.6) is 0 Å². The smallest absolute Gasteiger partial charge is 0.326 e. The molecule has 1 atom stereocenters. The summed E-state index contributed by atoms with van der Waals surface area (Å²) < 4.78 is 0. The molecule has 1 saturated carbocycles. The highest BCUT2D eigenvalue weighted by Crippen LogP contribution is 2.30.